The number of nitrogens with zero attached hydrogens (tertiary/aromatic N) is 2. The number of nitrogens with one attached hydrogen (secondary N) is 2. The fourth-order valence-corrected chi connectivity index (χ4v) is 3.31. The highest BCUT2D eigenvalue weighted by Gasteiger charge is 2.12. The van der Waals surface area contributed by atoms with Crippen LogP contribution in [0.1, 0.15) is 17.5 Å². The number of pyridine rings is 1. The van der Waals surface area contributed by atoms with Gasteiger partial charge in [0.2, 0.25) is 10.0 Å². The first kappa shape index (κ1) is 19.4. The summed E-state index contributed by atoms with van der Waals surface area (Å²) in [5.41, 5.74) is 2.14. The topological polar surface area (TPSA) is 74.3 Å². The minimum atomic E-state index is -3.42. The summed E-state index contributed by atoms with van der Waals surface area (Å²) in [4.78, 5) is 6.62. The standard InChI is InChI=1S/C18H26N4O2S/c1-15-5-8-17(9-6-15)25(23,24)21-12-4-11-19-13-16-7-10-18(20-14-16)22(2)3/h5-10,14,19,21H,4,11-13H2,1-3H3. The van der Waals surface area contributed by atoms with E-state index >= 15 is 0 Å². The third-order valence-corrected chi connectivity index (χ3v) is 5.23. The van der Waals surface area contributed by atoms with Crippen LogP contribution in [0.3, 0.4) is 0 Å². The van der Waals surface area contributed by atoms with Gasteiger partial charge < -0.3 is 10.2 Å². The van der Waals surface area contributed by atoms with E-state index in [2.05, 4.69) is 15.0 Å². The molecule has 0 aliphatic heterocycles. The van der Waals surface area contributed by atoms with E-state index in [1.165, 1.54) is 0 Å². The molecule has 7 heteroatoms. The van der Waals surface area contributed by atoms with E-state index in [-0.39, 0.29) is 0 Å². The number of aromatic nitrogens is 1. The summed E-state index contributed by atoms with van der Waals surface area (Å²) in [5.74, 6) is 0.925. The highest BCUT2D eigenvalue weighted by molar-refractivity contribution is 7.89. The summed E-state index contributed by atoms with van der Waals surface area (Å²) >= 11 is 0. The van der Waals surface area contributed by atoms with Crippen LogP contribution in [0.4, 0.5) is 5.82 Å². The monoisotopic (exact) mass is 362 g/mol. The van der Waals surface area contributed by atoms with Crippen molar-refractivity contribution in [2.45, 2.75) is 24.8 Å². The van der Waals surface area contributed by atoms with Crippen molar-refractivity contribution in [2.24, 2.45) is 0 Å². The maximum Gasteiger partial charge on any atom is 0.240 e. The zero-order valence-corrected chi connectivity index (χ0v) is 15.8. The Hall–Kier alpha value is -1.96. The van der Waals surface area contributed by atoms with Crippen molar-refractivity contribution in [1.29, 1.82) is 0 Å². The SMILES string of the molecule is Cc1ccc(S(=O)(=O)NCCCNCc2ccc(N(C)C)nc2)cc1. The molecule has 0 bridgehead atoms. The van der Waals surface area contributed by atoms with Crippen molar-refractivity contribution < 1.29 is 8.42 Å². The van der Waals surface area contributed by atoms with Crippen LogP contribution in [-0.4, -0.2) is 40.6 Å². The Bertz CT molecular complexity index is 757. The molecule has 0 saturated carbocycles. The fraction of sp³-hybridized carbons (Fsp3) is 0.389. The van der Waals surface area contributed by atoms with E-state index in [1.54, 1.807) is 24.3 Å². The number of hydrogen-bond donors (Lipinski definition) is 2. The zero-order valence-electron chi connectivity index (χ0n) is 15.0. The normalized spacial score (nSPS) is 11.5. The van der Waals surface area contributed by atoms with Crippen LogP contribution in [0, 0.1) is 6.92 Å². The minimum Gasteiger partial charge on any atom is -0.363 e. The van der Waals surface area contributed by atoms with Gasteiger partial charge in [-0.2, -0.15) is 0 Å². The molecular formula is C18H26N4O2S. The van der Waals surface area contributed by atoms with Crippen molar-refractivity contribution in [2.75, 3.05) is 32.1 Å². The van der Waals surface area contributed by atoms with Crippen molar-refractivity contribution in [1.82, 2.24) is 15.0 Å². The van der Waals surface area contributed by atoms with Crippen molar-refractivity contribution in [3.8, 4) is 0 Å². The quantitative estimate of drug-likeness (QED) is 0.667. The zero-order chi connectivity index (χ0) is 18.3. The number of aryl methyl sites for hydroxylation is 1. The van der Waals surface area contributed by atoms with Crippen molar-refractivity contribution in [3.05, 3.63) is 53.7 Å². The summed E-state index contributed by atoms with van der Waals surface area (Å²) in [6.07, 6.45) is 2.57. The number of sulfonamides is 1. The molecule has 0 amide bonds. The number of hydrogen-bond acceptors (Lipinski definition) is 5. The van der Waals surface area contributed by atoms with Gasteiger partial charge in [-0.1, -0.05) is 23.8 Å². The summed E-state index contributed by atoms with van der Waals surface area (Å²) in [6, 6.07) is 10.9. The Morgan fingerprint density at radius 3 is 2.36 bits per heavy atom. The molecule has 136 valence electrons. The van der Waals surface area contributed by atoms with Gasteiger partial charge >= 0.3 is 0 Å². The lowest BCUT2D eigenvalue weighted by Gasteiger charge is -2.11. The molecule has 1 heterocycles. The lowest BCUT2D eigenvalue weighted by molar-refractivity contribution is 0.573. The van der Waals surface area contributed by atoms with E-state index < -0.39 is 10.0 Å². The lowest BCUT2D eigenvalue weighted by Crippen LogP contribution is -2.27. The lowest BCUT2D eigenvalue weighted by atomic mass is 10.2. The second-order valence-electron chi connectivity index (χ2n) is 6.16. The molecule has 0 atom stereocenters. The van der Waals surface area contributed by atoms with Gasteiger partial charge in [0.25, 0.3) is 0 Å². The minimum absolute atomic E-state index is 0.304. The van der Waals surface area contributed by atoms with Gasteiger partial charge in [-0.3, -0.25) is 0 Å². The molecule has 2 N–H and O–H groups in total. The second kappa shape index (κ2) is 8.94. The van der Waals surface area contributed by atoms with Gasteiger partial charge in [-0.25, -0.2) is 18.1 Å². The van der Waals surface area contributed by atoms with Crippen LogP contribution < -0.4 is 14.9 Å². The van der Waals surface area contributed by atoms with Gasteiger partial charge in [-0.15, -0.1) is 0 Å². The van der Waals surface area contributed by atoms with Crippen molar-refractivity contribution >= 4 is 15.8 Å². The van der Waals surface area contributed by atoms with E-state index in [9.17, 15) is 8.42 Å². The average molecular weight is 362 g/mol. The third kappa shape index (κ3) is 6.12. The highest BCUT2D eigenvalue weighted by atomic mass is 32.2. The van der Waals surface area contributed by atoms with Gasteiger partial charge in [-0.05, 0) is 43.7 Å². The van der Waals surface area contributed by atoms with E-state index in [0.717, 1.165) is 23.5 Å². The predicted molar refractivity (Wildman–Crippen MR) is 101 cm³/mol. The van der Waals surface area contributed by atoms with Crippen LogP contribution >= 0.6 is 0 Å². The Morgan fingerprint density at radius 2 is 1.76 bits per heavy atom. The smallest absolute Gasteiger partial charge is 0.240 e. The first-order valence-corrected chi connectivity index (χ1v) is 9.76. The highest BCUT2D eigenvalue weighted by Crippen LogP contribution is 2.10. The van der Waals surface area contributed by atoms with E-state index in [1.807, 2.05) is 44.2 Å². The Morgan fingerprint density at radius 1 is 1.04 bits per heavy atom. The summed E-state index contributed by atoms with van der Waals surface area (Å²) in [6.45, 7) is 3.78. The number of anilines is 1. The van der Waals surface area contributed by atoms with Gasteiger partial charge in [0.1, 0.15) is 5.82 Å². The fourth-order valence-electron chi connectivity index (χ4n) is 2.24. The summed E-state index contributed by atoms with van der Waals surface area (Å²) in [7, 11) is 0.491. The van der Waals surface area contributed by atoms with Crippen LogP contribution in [0.25, 0.3) is 0 Å². The number of rotatable bonds is 9. The Labute approximate surface area is 150 Å². The molecule has 0 aliphatic rings. The predicted octanol–water partition coefficient (Wildman–Crippen LogP) is 1.91. The maximum atomic E-state index is 12.1. The molecule has 6 nitrogen and oxygen atoms in total. The molecular weight excluding hydrogens is 336 g/mol. The Balaban J connectivity index is 1.68. The molecule has 0 fully saturated rings. The molecule has 25 heavy (non-hydrogen) atoms. The van der Waals surface area contributed by atoms with Crippen LogP contribution in [0.2, 0.25) is 0 Å². The molecule has 2 rings (SSSR count). The second-order valence-corrected chi connectivity index (χ2v) is 7.93. The summed E-state index contributed by atoms with van der Waals surface area (Å²) in [5, 5.41) is 3.30. The first-order chi connectivity index (χ1) is 11.9. The molecule has 1 aromatic carbocycles. The van der Waals surface area contributed by atoms with Gasteiger partial charge in [0.15, 0.2) is 0 Å². The van der Waals surface area contributed by atoms with Crippen LogP contribution in [0.5, 0.6) is 0 Å². The first-order valence-electron chi connectivity index (χ1n) is 8.28. The van der Waals surface area contributed by atoms with Gasteiger partial charge in [0, 0.05) is 33.4 Å². The van der Waals surface area contributed by atoms with E-state index in [4.69, 9.17) is 0 Å². The van der Waals surface area contributed by atoms with Crippen LogP contribution in [-0.2, 0) is 16.6 Å². The largest absolute Gasteiger partial charge is 0.363 e. The molecule has 0 unspecified atom stereocenters. The molecule has 1 aromatic heterocycles. The maximum absolute atomic E-state index is 12.1. The Kier molecular flexibility index (Phi) is 6.92. The molecule has 0 radical (unpaired) electrons. The van der Waals surface area contributed by atoms with Crippen molar-refractivity contribution in [3.63, 3.8) is 0 Å². The van der Waals surface area contributed by atoms with Crippen LogP contribution in [0.15, 0.2) is 47.5 Å². The number of benzene rings is 1. The molecule has 0 spiro atoms. The third-order valence-electron chi connectivity index (χ3n) is 3.75. The van der Waals surface area contributed by atoms with Gasteiger partial charge in [0.05, 0.1) is 4.90 Å². The molecule has 0 aliphatic carbocycles. The molecule has 0 saturated heterocycles. The summed E-state index contributed by atoms with van der Waals surface area (Å²) < 4.78 is 26.9. The van der Waals surface area contributed by atoms with E-state index in [0.29, 0.717) is 24.4 Å². The average Bonchev–Trinajstić information content (AvgIpc) is 2.58. The molecule has 2 aromatic rings.